The van der Waals surface area contributed by atoms with Crippen LogP contribution in [0, 0.1) is 43.4 Å². The summed E-state index contributed by atoms with van der Waals surface area (Å²) in [5.41, 5.74) is 14.4. The molecule has 0 saturated heterocycles. The van der Waals surface area contributed by atoms with E-state index in [-0.39, 0.29) is 0 Å². The smallest absolute Gasteiger partial charge is 0.00826 e. The topological polar surface area (TPSA) is 0 Å². The molecule has 0 radical (unpaired) electrons. The Morgan fingerprint density at radius 2 is 1.79 bits per heavy atom. The molecule has 0 aliphatic heterocycles. The van der Waals surface area contributed by atoms with E-state index in [9.17, 15) is 0 Å². The molecule has 2 aromatic rings. The van der Waals surface area contributed by atoms with Gasteiger partial charge in [-0.2, -0.15) is 0 Å². The minimum absolute atomic E-state index is 0.361. The summed E-state index contributed by atoms with van der Waals surface area (Å²) in [5, 5.41) is 0. The minimum atomic E-state index is 0.361. The fraction of sp³-hybridized carbons (Fsp3) is 0.474. The normalized spacial score (nSPS) is 27.0. The summed E-state index contributed by atoms with van der Waals surface area (Å²) in [6, 6.07) is 11.9. The van der Waals surface area contributed by atoms with Gasteiger partial charge in [-0.15, -0.1) is 0 Å². The van der Waals surface area contributed by atoms with Crippen molar-refractivity contribution in [1.29, 1.82) is 0 Å². The molecule has 2 aromatic carbocycles. The number of benzene rings is 2. The first-order valence-corrected chi connectivity index (χ1v) is 15.2. The van der Waals surface area contributed by atoms with Crippen LogP contribution in [0.1, 0.15) is 87.1 Å². The molecule has 200 valence electrons. The van der Waals surface area contributed by atoms with E-state index in [1.54, 1.807) is 5.56 Å². The number of allylic oxidation sites excluding steroid dienone is 5. The van der Waals surface area contributed by atoms with E-state index < -0.39 is 0 Å². The zero-order chi connectivity index (χ0) is 27.0. The molecule has 0 spiro atoms. The lowest BCUT2D eigenvalue weighted by atomic mass is 9.70. The van der Waals surface area contributed by atoms with Crippen LogP contribution in [0.25, 0.3) is 17.2 Å². The molecule has 38 heavy (non-hydrogen) atoms. The molecule has 0 heterocycles. The fourth-order valence-corrected chi connectivity index (χ4v) is 7.72. The second kappa shape index (κ2) is 11.3. The van der Waals surface area contributed by atoms with Gasteiger partial charge in [0.25, 0.3) is 0 Å². The van der Waals surface area contributed by atoms with Gasteiger partial charge < -0.3 is 0 Å². The molecule has 0 heteroatoms. The molecule has 5 rings (SSSR count). The average molecular weight is 505 g/mol. The minimum Gasteiger partial charge on any atom is -0.0986 e. The van der Waals surface area contributed by atoms with E-state index in [1.807, 2.05) is 0 Å². The lowest BCUT2D eigenvalue weighted by Crippen LogP contribution is -2.25. The summed E-state index contributed by atoms with van der Waals surface area (Å²) < 4.78 is 0. The number of hydrogen-bond donors (Lipinski definition) is 0. The Kier molecular flexibility index (Phi) is 7.99. The zero-order valence-electron chi connectivity index (χ0n) is 24.6. The zero-order valence-corrected chi connectivity index (χ0v) is 24.6. The Labute approximate surface area is 232 Å². The molecule has 0 nitrogen and oxygen atoms in total. The van der Waals surface area contributed by atoms with Gasteiger partial charge in [0.2, 0.25) is 0 Å². The van der Waals surface area contributed by atoms with Crippen LogP contribution in [0.5, 0.6) is 0 Å². The Morgan fingerprint density at radius 1 is 0.974 bits per heavy atom. The van der Waals surface area contributed by atoms with Crippen molar-refractivity contribution in [2.24, 2.45) is 29.6 Å². The predicted molar refractivity (Wildman–Crippen MR) is 166 cm³/mol. The second-order valence-corrected chi connectivity index (χ2v) is 12.9. The molecule has 5 atom stereocenters. The number of rotatable bonds is 7. The van der Waals surface area contributed by atoms with E-state index in [0.717, 1.165) is 30.6 Å². The van der Waals surface area contributed by atoms with Crippen LogP contribution in [-0.2, 0) is 12.8 Å². The van der Waals surface area contributed by atoms with Gasteiger partial charge in [0.05, 0.1) is 0 Å². The van der Waals surface area contributed by atoms with Crippen molar-refractivity contribution in [1.82, 2.24) is 0 Å². The van der Waals surface area contributed by atoms with E-state index >= 15 is 0 Å². The third kappa shape index (κ3) is 5.42. The summed E-state index contributed by atoms with van der Waals surface area (Å²) in [4.78, 5) is 0. The Bertz CT molecular complexity index is 1280. The van der Waals surface area contributed by atoms with Gasteiger partial charge in [0, 0.05) is 5.92 Å². The predicted octanol–water partition coefficient (Wildman–Crippen LogP) is 10.6. The number of aryl methyl sites for hydroxylation is 2. The molecule has 0 aromatic heterocycles. The van der Waals surface area contributed by atoms with E-state index in [4.69, 9.17) is 0 Å². The van der Waals surface area contributed by atoms with Crippen molar-refractivity contribution < 1.29 is 0 Å². The molecule has 3 unspecified atom stereocenters. The molecule has 0 bridgehead atoms. The van der Waals surface area contributed by atoms with Crippen molar-refractivity contribution in [3.63, 3.8) is 0 Å². The van der Waals surface area contributed by atoms with Crippen LogP contribution in [0.15, 0.2) is 72.4 Å². The van der Waals surface area contributed by atoms with Gasteiger partial charge in [-0.1, -0.05) is 118 Å². The number of hydrogen-bond acceptors (Lipinski definition) is 0. The standard InChI is InChI=1S/C38H48/c1-8-10-30-15-16-32(27(5)19-30)23-36-28(6)17-24(2)18-38(36)34-12-9-11-33-20-31(22-37(33)34)21-35-26(4)14-13-25(3)29(35)7/h9,11-14,17-18,20,25,27,30,32,35H,4,7-8,10,15-16,19,21-23H2,1-3,5-6H3/t25?,27-,30?,32-,35?/m0/s1. The molecule has 3 aliphatic carbocycles. The summed E-state index contributed by atoms with van der Waals surface area (Å²) in [5.74, 6) is 3.35. The quantitative estimate of drug-likeness (QED) is 0.329. The van der Waals surface area contributed by atoms with Gasteiger partial charge in [-0.25, -0.2) is 0 Å². The second-order valence-electron chi connectivity index (χ2n) is 12.9. The van der Waals surface area contributed by atoms with E-state index in [0.29, 0.717) is 11.8 Å². The molecular weight excluding hydrogens is 456 g/mol. The van der Waals surface area contributed by atoms with E-state index in [2.05, 4.69) is 96.3 Å². The first-order chi connectivity index (χ1) is 18.2. The maximum atomic E-state index is 4.45. The maximum Gasteiger partial charge on any atom is 0.00826 e. The third-order valence-electron chi connectivity index (χ3n) is 10.0. The number of fused-ring (bicyclic) bond motifs is 1. The monoisotopic (exact) mass is 504 g/mol. The van der Waals surface area contributed by atoms with Crippen LogP contribution in [0.3, 0.4) is 0 Å². The van der Waals surface area contributed by atoms with E-state index in [1.165, 1.54) is 88.6 Å². The van der Waals surface area contributed by atoms with Crippen LogP contribution in [0.4, 0.5) is 0 Å². The summed E-state index contributed by atoms with van der Waals surface area (Å²) in [6.07, 6.45) is 17.2. The van der Waals surface area contributed by atoms with Crippen molar-refractivity contribution in [3.05, 3.63) is 100 Å². The molecule has 0 N–H and O–H groups in total. The van der Waals surface area contributed by atoms with Crippen molar-refractivity contribution >= 4 is 6.08 Å². The van der Waals surface area contributed by atoms with Gasteiger partial charge in [-0.05, 0) is 109 Å². The van der Waals surface area contributed by atoms with Gasteiger partial charge in [0.1, 0.15) is 0 Å². The molecule has 0 amide bonds. The molecule has 1 saturated carbocycles. The lowest BCUT2D eigenvalue weighted by molar-refractivity contribution is 0.185. The lowest BCUT2D eigenvalue weighted by Gasteiger charge is -2.35. The van der Waals surface area contributed by atoms with Crippen LogP contribution in [-0.4, -0.2) is 0 Å². The highest BCUT2D eigenvalue weighted by Crippen LogP contribution is 2.44. The maximum absolute atomic E-state index is 4.45. The highest BCUT2D eigenvalue weighted by Gasteiger charge is 2.30. The largest absolute Gasteiger partial charge is 0.0986 e. The average Bonchev–Trinajstić information content (AvgIpc) is 3.30. The van der Waals surface area contributed by atoms with Gasteiger partial charge in [-0.3, -0.25) is 0 Å². The Hall–Kier alpha value is -2.60. The van der Waals surface area contributed by atoms with Gasteiger partial charge >= 0.3 is 0 Å². The molecular formula is C38H48. The summed E-state index contributed by atoms with van der Waals surface area (Å²) >= 11 is 0. The van der Waals surface area contributed by atoms with Crippen molar-refractivity contribution in [2.45, 2.75) is 86.0 Å². The highest BCUT2D eigenvalue weighted by molar-refractivity contribution is 5.80. The third-order valence-corrected chi connectivity index (χ3v) is 10.0. The summed E-state index contributed by atoms with van der Waals surface area (Å²) in [6.45, 7) is 20.6. The SMILES string of the molecule is C=C1C=CC(C)C(=C)C1CC1=Cc2cccc(-c3cc(C)cc(C)c3C[C@@H]3CCC(CCC)C[C@@H]3C)c2C1. The fourth-order valence-electron chi connectivity index (χ4n) is 7.72. The first-order valence-electron chi connectivity index (χ1n) is 15.2. The molecule has 3 aliphatic rings. The Morgan fingerprint density at radius 3 is 2.55 bits per heavy atom. The van der Waals surface area contributed by atoms with Crippen LogP contribution >= 0.6 is 0 Å². The van der Waals surface area contributed by atoms with Crippen molar-refractivity contribution in [2.75, 3.05) is 0 Å². The van der Waals surface area contributed by atoms with Crippen LogP contribution in [0.2, 0.25) is 0 Å². The molecule has 1 fully saturated rings. The Balaban J connectivity index is 1.42. The summed E-state index contributed by atoms with van der Waals surface area (Å²) in [7, 11) is 0. The van der Waals surface area contributed by atoms with Crippen molar-refractivity contribution in [3.8, 4) is 11.1 Å². The highest BCUT2D eigenvalue weighted by atomic mass is 14.3. The van der Waals surface area contributed by atoms with Gasteiger partial charge in [0.15, 0.2) is 0 Å². The van der Waals surface area contributed by atoms with Crippen LogP contribution < -0.4 is 0 Å². The first kappa shape index (κ1) is 27.0.